The molecule has 1 fully saturated rings. The molecule has 1 aromatic carbocycles. The van der Waals surface area contributed by atoms with Crippen LogP contribution in [0.1, 0.15) is 32.6 Å². The second-order valence-corrected chi connectivity index (χ2v) is 5.27. The number of ether oxygens (including phenoxy) is 1. The number of halogens is 4. The van der Waals surface area contributed by atoms with Crippen molar-refractivity contribution in [2.75, 3.05) is 0 Å². The molecule has 0 bridgehead atoms. The Hall–Kier alpha value is 0.441. The van der Waals surface area contributed by atoms with Crippen molar-refractivity contribution in [3.05, 3.63) is 24.0 Å². The van der Waals surface area contributed by atoms with Crippen LogP contribution in [0, 0.1) is 11.7 Å². The van der Waals surface area contributed by atoms with Crippen LogP contribution in [-0.2, 0) is 0 Å². The number of benzene rings is 1. The van der Waals surface area contributed by atoms with E-state index in [-0.39, 0.29) is 63.2 Å². The monoisotopic (exact) mass is 314 g/mol. The second kappa shape index (κ2) is 7.63. The molecule has 0 spiro atoms. The number of rotatable bonds is 3. The van der Waals surface area contributed by atoms with Gasteiger partial charge in [0.2, 0.25) is 0 Å². The van der Waals surface area contributed by atoms with E-state index in [2.05, 4.69) is 6.92 Å². The summed E-state index contributed by atoms with van der Waals surface area (Å²) in [5, 5.41) is 0. The van der Waals surface area contributed by atoms with Gasteiger partial charge >= 0.3 is 58.4 Å². The van der Waals surface area contributed by atoms with Gasteiger partial charge in [-0.15, -0.1) is 0 Å². The van der Waals surface area contributed by atoms with E-state index in [1.807, 2.05) is 0 Å². The molecular weight excluding hydrogens is 298 g/mol. The maximum absolute atomic E-state index is 13.1. The first-order chi connectivity index (χ1) is 8.86. The van der Waals surface area contributed by atoms with Gasteiger partial charge in [-0.25, -0.2) is 4.39 Å². The zero-order valence-electron chi connectivity index (χ0n) is 11.7. The van der Waals surface area contributed by atoms with Crippen LogP contribution in [0.5, 0.6) is 5.75 Å². The van der Waals surface area contributed by atoms with Gasteiger partial charge in [0.25, 0.3) is 0 Å². The average Bonchev–Trinajstić information content (AvgIpc) is 2.27. The van der Waals surface area contributed by atoms with Crippen molar-refractivity contribution in [1.82, 2.24) is 0 Å². The number of hydrogen-bond donors (Lipinski definition) is 0. The third-order valence-electron chi connectivity index (χ3n) is 3.51. The fourth-order valence-electron chi connectivity index (χ4n) is 2.55. The molecule has 0 saturated heterocycles. The molecule has 20 heavy (non-hydrogen) atoms. The SMILES string of the molecule is CC1CCCC(Oc2cc(F)ccc2[B-](F)(F)F)C1.[K+]. The Morgan fingerprint density at radius 3 is 2.50 bits per heavy atom. The molecular formula is C13H16BF4KO. The normalized spacial score (nSPS) is 23.1. The summed E-state index contributed by atoms with van der Waals surface area (Å²) in [6.07, 6.45) is 3.21. The summed E-state index contributed by atoms with van der Waals surface area (Å²) < 4.78 is 57.2. The number of hydrogen-bond acceptors (Lipinski definition) is 1. The molecule has 1 saturated carbocycles. The van der Waals surface area contributed by atoms with Crippen LogP contribution in [0.4, 0.5) is 17.3 Å². The van der Waals surface area contributed by atoms with Crippen molar-refractivity contribution in [2.24, 2.45) is 5.92 Å². The van der Waals surface area contributed by atoms with Crippen molar-refractivity contribution >= 4 is 12.4 Å². The summed E-state index contributed by atoms with van der Waals surface area (Å²) in [5.74, 6) is -0.638. The van der Waals surface area contributed by atoms with Gasteiger partial charge in [0.05, 0.1) is 11.9 Å². The van der Waals surface area contributed by atoms with E-state index in [4.69, 9.17) is 4.74 Å². The minimum absolute atomic E-state index is 0. The van der Waals surface area contributed by atoms with Gasteiger partial charge in [-0.1, -0.05) is 24.9 Å². The van der Waals surface area contributed by atoms with Crippen LogP contribution in [-0.4, -0.2) is 13.1 Å². The molecule has 106 valence electrons. The second-order valence-electron chi connectivity index (χ2n) is 5.27. The van der Waals surface area contributed by atoms with Gasteiger partial charge < -0.3 is 17.7 Å². The summed E-state index contributed by atoms with van der Waals surface area (Å²) in [4.78, 5) is 0. The van der Waals surface area contributed by atoms with Crippen molar-refractivity contribution in [3.8, 4) is 5.75 Å². The molecule has 2 atom stereocenters. The summed E-state index contributed by atoms with van der Waals surface area (Å²) in [5.41, 5.74) is -0.848. The molecule has 2 rings (SSSR count). The zero-order valence-corrected chi connectivity index (χ0v) is 14.8. The molecule has 1 nitrogen and oxygen atoms in total. The standard InChI is InChI=1S/C13H16BF4O.K/c1-9-3-2-4-11(7-9)19-13-8-10(15)5-6-12(13)14(16,17)18;/h5-6,8-9,11H,2-4,7H2,1H3;/q-1;+1. The van der Waals surface area contributed by atoms with E-state index in [1.165, 1.54) is 0 Å². The first-order valence-corrected chi connectivity index (χ1v) is 6.52. The van der Waals surface area contributed by atoms with E-state index in [0.717, 1.165) is 43.9 Å². The zero-order chi connectivity index (χ0) is 14.0. The summed E-state index contributed by atoms with van der Waals surface area (Å²) in [6.45, 7) is -3.13. The largest absolute Gasteiger partial charge is 1.00 e. The molecule has 1 aliphatic carbocycles. The first kappa shape index (κ1) is 18.5. The van der Waals surface area contributed by atoms with Crippen molar-refractivity contribution in [3.63, 3.8) is 0 Å². The minimum atomic E-state index is -5.19. The first-order valence-electron chi connectivity index (χ1n) is 6.52. The Morgan fingerprint density at radius 1 is 1.20 bits per heavy atom. The predicted molar refractivity (Wildman–Crippen MR) is 67.2 cm³/mol. The Bertz CT molecular complexity index is 452. The third-order valence-corrected chi connectivity index (χ3v) is 3.51. The Morgan fingerprint density at radius 2 is 1.90 bits per heavy atom. The van der Waals surface area contributed by atoms with Crippen LogP contribution in [0.25, 0.3) is 0 Å². The van der Waals surface area contributed by atoms with E-state index in [0.29, 0.717) is 5.92 Å². The van der Waals surface area contributed by atoms with Crippen LogP contribution in [0.15, 0.2) is 18.2 Å². The molecule has 0 amide bonds. The Balaban J connectivity index is 0.00000200. The molecule has 1 aliphatic rings. The molecule has 1 aromatic rings. The van der Waals surface area contributed by atoms with Crippen LogP contribution in [0.2, 0.25) is 0 Å². The molecule has 0 N–H and O–H groups in total. The molecule has 0 heterocycles. The van der Waals surface area contributed by atoms with Gasteiger partial charge in [-0.3, -0.25) is 0 Å². The fourth-order valence-corrected chi connectivity index (χ4v) is 2.55. The molecule has 7 heteroatoms. The molecule has 0 aliphatic heterocycles. The maximum Gasteiger partial charge on any atom is 1.00 e. The van der Waals surface area contributed by atoms with Crippen LogP contribution < -0.4 is 61.6 Å². The summed E-state index contributed by atoms with van der Waals surface area (Å²) >= 11 is 0. The average molecular weight is 314 g/mol. The topological polar surface area (TPSA) is 9.23 Å². The molecule has 2 unspecified atom stereocenters. The molecule has 0 aromatic heterocycles. The van der Waals surface area contributed by atoms with E-state index < -0.39 is 18.3 Å². The fraction of sp³-hybridized carbons (Fsp3) is 0.538. The Labute approximate surface area is 158 Å². The van der Waals surface area contributed by atoms with Gasteiger partial charge in [-0.05, 0) is 31.2 Å². The smallest absolute Gasteiger partial charge is 0.493 e. The summed E-state index contributed by atoms with van der Waals surface area (Å²) in [7, 11) is 0. The van der Waals surface area contributed by atoms with E-state index >= 15 is 0 Å². The van der Waals surface area contributed by atoms with Crippen molar-refractivity contribution in [2.45, 2.75) is 38.7 Å². The van der Waals surface area contributed by atoms with Crippen molar-refractivity contribution < 1.29 is 73.5 Å². The predicted octanol–water partition coefficient (Wildman–Crippen LogP) is 0.842. The van der Waals surface area contributed by atoms with Gasteiger partial charge in [0, 0.05) is 6.07 Å². The third kappa shape index (κ3) is 5.02. The molecule has 0 radical (unpaired) electrons. The minimum Gasteiger partial charge on any atom is -0.493 e. The van der Waals surface area contributed by atoms with E-state index in [1.54, 1.807) is 0 Å². The van der Waals surface area contributed by atoms with Crippen LogP contribution >= 0.6 is 0 Å². The Kier molecular flexibility index (Phi) is 7.05. The van der Waals surface area contributed by atoms with Gasteiger partial charge in [0.1, 0.15) is 5.82 Å². The quantitative estimate of drug-likeness (QED) is 0.593. The van der Waals surface area contributed by atoms with Gasteiger partial charge in [-0.2, -0.15) is 0 Å². The van der Waals surface area contributed by atoms with Gasteiger partial charge in [0.15, 0.2) is 0 Å². The van der Waals surface area contributed by atoms with Crippen LogP contribution in [0.3, 0.4) is 0 Å². The maximum atomic E-state index is 13.1. The van der Waals surface area contributed by atoms with E-state index in [9.17, 15) is 17.3 Å². The summed E-state index contributed by atoms with van der Waals surface area (Å²) in [6, 6.07) is 2.42. The van der Waals surface area contributed by atoms with Crippen molar-refractivity contribution in [1.29, 1.82) is 0 Å².